The number of nitrogens with one attached hydrogen (secondary N) is 2. The van der Waals surface area contributed by atoms with Crippen LogP contribution in [0.25, 0.3) is 0 Å². The molecule has 1 amide bonds. The maximum absolute atomic E-state index is 11.6. The van der Waals surface area contributed by atoms with Gasteiger partial charge in [-0.3, -0.25) is 9.89 Å². The lowest BCUT2D eigenvalue weighted by molar-refractivity contribution is -0.120. The Morgan fingerprint density at radius 1 is 1.25 bits per heavy atom. The quantitative estimate of drug-likeness (QED) is 0.806. The largest absolute Gasteiger partial charge is 0.350 e. The summed E-state index contributed by atoms with van der Waals surface area (Å²) in [5.74, 6) is 0.0146. The van der Waals surface area contributed by atoms with E-state index >= 15 is 0 Å². The van der Waals surface area contributed by atoms with Gasteiger partial charge in [-0.1, -0.05) is 30.3 Å². The molecule has 2 aromatic rings. The molecule has 2 rings (SSSR count). The van der Waals surface area contributed by atoms with E-state index < -0.39 is 0 Å². The van der Waals surface area contributed by atoms with Gasteiger partial charge in [-0.05, 0) is 11.6 Å². The smallest absolute Gasteiger partial charge is 0.224 e. The van der Waals surface area contributed by atoms with E-state index in [1.807, 2.05) is 36.4 Å². The molecule has 1 heterocycles. The molecule has 0 saturated heterocycles. The topological polar surface area (TPSA) is 57.8 Å². The molecule has 1 aromatic carbocycles. The van der Waals surface area contributed by atoms with Crippen LogP contribution in [0.2, 0.25) is 0 Å². The molecule has 0 aliphatic rings. The summed E-state index contributed by atoms with van der Waals surface area (Å²) in [6, 6.07) is 11.5. The van der Waals surface area contributed by atoms with Crippen molar-refractivity contribution in [2.24, 2.45) is 0 Å². The second-order valence-electron chi connectivity index (χ2n) is 3.52. The first-order valence-corrected chi connectivity index (χ1v) is 5.13. The highest BCUT2D eigenvalue weighted by atomic mass is 16.1. The Hall–Kier alpha value is -2.10. The molecule has 4 nitrogen and oxygen atoms in total. The molecular formula is C12H13N3O. The van der Waals surface area contributed by atoms with Gasteiger partial charge in [0.25, 0.3) is 0 Å². The first-order valence-electron chi connectivity index (χ1n) is 5.13. The molecule has 0 unspecified atom stereocenters. The highest BCUT2D eigenvalue weighted by Crippen LogP contribution is 1.99. The van der Waals surface area contributed by atoms with E-state index in [1.54, 1.807) is 6.20 Å². The van der Waals surface area contributed by atoms with Gasteiger partial charge in [0.15, 0.2) is 0 Å². The number of hydrogen-bond acceptors (Lipinski definition) is 2. The van der Waals surface area contributed by atoms with E-state index in [-0.39, 0.29) is 5.91 Å². The number of aromatic nitrogens is 2. The molecule has 0 aliphatic heterocycles. The standard InChI is InChI=1S/C12H13N3O/c16-12(8-10-4-2-1-3-5-10)13-9-11-6-7-14-15-11/h1-7H,8-9H2,(H,13,16)(H,14,15). The summed E-state index contributed by atoms with van der Waals surface area (Å²) >= 11 is 0. The van der Waals surface area contributed by atoms with Crippen LogP contribution in [0.15, 0.2) is 42.6 Å². The van der Waals surface area contributed by atoms with Crippen LogP contribution < -0.4 is 5.32 Å². The number of carbonyl (C=O) groups is 1. The number of amides is 1. The average molecular weight is 215 g/mol. The maximum Gasteiger partial charge on any atom is 0.224 e. The zero-order valence-electron chi connectivity index (χ0n) is 8.81. The van der Waals surface area contributed by atoms with Gasteiger partial charge < -0.3 is 5.32 Å². The fraction of sp³-hybridized carbons (Fsp3) is 0.167. The van der Waals surface area contributed by atoms with Crippen molar-refractivity contribution < 1.29 is 4.79 Å². The fourth-order valence-corrected chi connectivity index (χ4v) is 1.42. The Balaban J connectivity index is 1.81. The molecule has 0 saturated carbocycles. The van der Waals surface area contributed by atoms with Gasteiger partial charge in [0, 0.05) is 6.20 Å². The summed E-state index contributed by atoms with van der Waals surface area (Å²) in [5.41, 5.74) is 1.92. The first-order chi connectivity index (χ1) is 7.84. The number of hydrogen-bond donors (Lipinski definition) is 2. The summed E-state index contributed by atoms with van der Waals surface area (Å²) in [5, 5.41) is 9.42. The highest BCUT2D eigenvalue weighted by molar-refractivity contribution is 5.78. The van der Waals surface area contributed by atoms with Crippen molar-refractivity contribution in [1.82, 2.24) is 15.5 Å². The maximum atomic E-state index is 11.6. The monoisotopic (exact) mass is 215 g/mol. The lowest BCUT2D eigenvalue weighted by Crippen LogP contribution is -2.24. The number of H-pyrrole nitrogens is 1. The Morgan fingerprint density at radius 2 is 2.06 bits per heavy atom. The van der Waals surface area contributed by atoms with Gasteiger partial charge in [0.2, 0.25) is 5.91 Å². The second-order valence-corrected chi connectivity index (χ2v) is 3.52. The van der Waals surface area contributed by atoms with Gasteiger partial charge in [0.1, 0.15) is 0 Å². The number of aromatic amines is 1. The molecule has 0 aliphatic carbocycles. The minimum atomic E-state index is 0.0146. The lowest BCUT2D eigenvalue weighted by Gasteiger charge is -2.03. The summed E-state index contributed by atoms with van der Waals surface area (Å²) in [6.07, 6.45) is 2.08. The zero-order valence-corrected chi connectivity index (χ0v) is 8.81. The normalized spacial score (nSPS) is 10.0. The van der Waals surface area contributed by atoms with Crippen molar-refractivity contribution >= 4 is 5.91 Å². The van der Waals surface area contributed by atoms with Crippen LogP contribution >= 0.6 is 0 Å². The van der Waals surface area contributed by atoms with Gasteiger partial charge >= 0.3 is 0 Å². The third-order valence-corrected chi connectivity index (χ3v) is 2.24. The number of rotatable bonds is 4. The molecule has 1 aromatic heterocycles. The minimum absolute atomic E-state index is 0.0146. The van der Waals surface area contributed by atoms with E-state index in [9.17, 15) is 4.79 Å². The Bertz CT molecular complexity index is 437. The lowest BCUT2D eigenvalue weighted by atomic mass is 10.1. The van der Waals surface area contributed by atoms with Crippen molar-refractivity contribution in [3.8, 4) is 0 Å². The van der Waals surface area contributed by atoms with E-state index in [4.69, 9.17) is 0 Å². The van der Waals surface area contributed by atoms with Crippen molar-refractivity contribution in [2.75, 3.05) is 0 Å². The zero-order chi connectivity index (χ0) is 11.2. The van der Waals surface area contributed by atoms with Gasteiger partial charge in [0.05, 0.1) is 18.7 Å². The van der Waals surface area contributed by atoms with E-state index in [0.29, 0.717) is 13.0 Å². The van der Waals surface area contributed by atoms with Crippen LogP contribution in [-0.2, 0) is 17.8 Å². The third kappa shape index (κ3) is 2.95. The highest BCUT2D eigenvalue weighted by Gasteiger charge is 2.02. The van der Waals surface area contributed by atoms with Crippen molar-refractivity contribution in [3.05, 3.63) is 53.9 Å². The first kappa shape index (κ1) is 10.4. The number of carbonyl (C=O) groups excluding carboxylic acids is 1. The summed E-state index contributed by atoms with van der Waals surface area (Å²) in [4.78, 5) is 11.6. The third-order valence-electron chi connectivity index (χ3n) is 2.24. The average Bonchev–Trinajstić information content (AvgIpc) is 2.81. The molecule has 2 N–H and O–H groups in total. The fourth-order valence-electron chi connectivity index (χ4n) is 1.42. The van der Waals surface area contributed by atoms with Crippen molar-refractivity contribution in [2.45, 2.75) is 13.0 Å². The van der Waals surface area contributed by atoms with Crippen molar-refractivity contribution in [1.29, 1.82) is 0 Å². The molecule has 0 radical (unpaired) electrons. The van der Waals surface area contributed by atoms with Crippen LogP contribution in [0.3, 0.4) is 0 Å². The Labute approximate surface area is 93.7 Å². The molecule has 0 atom stereocenters. The molecular weight excluding hydrogens is 202 g/mol. The molecule has 4 heteroatoms. The summed E-state index contributed by atoms with van der Waals surface area (Å²) in [6.45, 7) is 0.492. The molecule has 0 spiro atoms. The number of benzene rings is 1. The predicted octanol–water partition coefficient (Wildman–Crippen LogP) is 1.27. The van der Waals surface area contributed by atoms with E-state index in [2.05, 4.69) is 15.5 Å². The Morgan fingerprint density at radius 3 is 2.75 bits per heavy atom. The van der Waals surface area contributed by atoms with Crippen molar-refractivity contribution in [3.63, 3.8) is 0 Å². The van der Waals surface area contributed by atoms with Crippen LogP contribution in [0.1, 0.15) is 11.3 Å². The summed E-state index contributed by atoms with van der Waals surface area (Å²) in [7, 11) is 0. The van der Waals surface area contributed by atoms with E-state index in [0.717, 1.165) is 11.3 Å². The Kier molecular flexibility index (Phi) is 3.33. The number of nitrogens with zero attached hydrogens (tertiary/aromatic N) is 1. The molecule has 0 fully saturated rings. The molecule has 16 heavy (non-hydrogen) atoms. The summed E-state index contributed by atoms with van der Waals surface area (Å²) < 4.78 is 0. The molecule has 82 valence electrons. The SMILES string of the molecule is O=C(Cc1ccccc1)NCc1ccn[nH]1. The van der Waals surface area contributed by atoms with E-state index in [1.165, 1.54) is 0 Å². The van der Waals surface area contributed by atoms with Gasteiger partial charge in [-0.15, -0.1) is 0 Å². The minimum Gasteiger partial charge on any atom is -0.350 e. The van der Waals surface area contributed by atoms with Gasteiger partial charge in [-0.25, -0.2) is 0 Å². The second kappa shape index (κ2) is 5.11. The van der Waals surface area contributed by atoms with Gasteiger partial charge in [-0.2, -0.15) is 5.10 Å². The predicted molar refractivity (Wildman–Crippen MR) is 60.6 cm³/mol. The van der Waals surface area contributed by atoms with Crippen LogP contribution in [0.5, 0.6) is 0 Å². The van der Waals surface area contributed by atoms with Crippen LogP contribution in [-0.4, -0.2) is 16.1 Å². The van der Waals surface area contributed by atoms with Crippen LogP contribution in [0, 0.1) is 0 Å². The van der Waals surface area contributed by atoms with Crippen LogP contribution in [0.4, 0.5) is 0 Å². The molecule has 0 bridgehead atoms.